The summed E-state index contributed by atoms with van der Waals surface area (Å²) < 4.78 is 10.8. The molecular formula is C19H20ClNO3. The zero-order valence-electron chi connectivity index (χ0n) is 13.7. The number of hydrogen-bond donors (Lipinski definition) is 1. The Bertz CT molecular complexity index is 728. The lowest BCUT2D eigenvalue weighted by Gasteiger charge is -2.10. The van der Waals surface area contributed by atoms with Gasteiger partial charge in [-0.2, -0.15) is 0 Å². The van der Waals surface area contributed by atoms with Gasteiger partial charge in [0.1, 0.15) is 6.61 Å². The van der Waals surface area contributed by atoms with E-state index < -0.39 is 0 Å². The van der Waals surface area contributed by atoms with Gasteiger partial charge in [0.05, 0.1) is 13.7 Å². The number of methoxy groups -OCH3 is 1. The molecule has 126 valence electrons. The first-order valence-corrected chi connectivity index (χ1v) is 7.96. The number of hydrogen-bond acceptors (Lipinski definition) is 3. The number of carbonyl (C=O) groups excluding carboxylic acids is 1. The number of aryl methyl sites for hydroxylation is 1. The molecule has 2 aromatic rings. The van der Waals surface area contributed by atoms with Crippen LogP contribution in [0.25, 0.3) is 6.08 Å². The molecule has 0 saturated heterocycles. The van der Waals surface area contributed by atoms with E-state index in [1.807, 2.05) is 49.4 Å². The molecule has 4 nitrogen and oxygen atoms in total. The Balaban J connectivity index is 1.77. The molecule has 0 bridgehead atoms. The molecule has 0 heterocycles. The number of para-hydroxylation sites is 2. The second kappa shape index (κ2) is 8.99. The fourth-order valence-electron chi connectivity index (χ4n) is 2.02. The number of ether oxygens (including phenoxy) is 2. The highest BCUT2D eigenvalue weighted by molar-refractivity contribution is 6.31. The van der Waals surface area contributed by atoms with Crippen molar-refractivity contribution in [2.45, 2.75) is 6.92 Å². The van der Waals surface area contributed by atoms with Gasteiger partial charge in [-0.05, 0) is 42.3 Å². The van der Waals surface area contributed by atoms with E-state index in [4.69, 9.17) is 21.1 Å². The van der Waals surface area contributed by atoms with E-state index in [1.54, 1.807) is 13.2 Å². The third-order valence-electron chi connectivity index (χ3n) is 3.35. The normalized spacial score (nSPS) is 10.6. The van der Waals surface area contributed by atoms with E-state index in [0.717, 1.165) is 11.1 Å². The van der Waals surface area contributed by atoms with Crippen molar-refractivity contribution < 1.29 is 14.3 Å². The lowest BCUT2D eigenvalue weighted by atomic mass is 10.1. The van der Waals surface area contributed by atoms with Gasteiger partial charge in [0.2, 0.25) is 5.91 Å². The van der Waals surface area contributed by atoms with Crippen LogP contribution in [0.3, 0.4) is 0 Å². The van der Waals surface area contributed by atoms with Gasteiger partial charge < -0.3 is 14.8 Å². The molecule has 0 saturated carbocycles. The van der Waals surface area contributed by atoms with E-state index in [-0.39, 0.29) is 5.91 Å². The molecule has 0 radical (unpaired) electrons. The molecule has 0 aliphatic carbocycles. The van der Waals surface area contributed by atoms with Crippen LogP contribution >= 0.6 is 11.6 Å². The average molecular weight is 346 g/mol. The van der Waals surface area contributed by atoms with Gasteiger partial charge in [0.25, 0.3) is 0 Å². The molecule has 2 aromatic carbocycles. The second-order valence-electron chi connectivity index (χ2n) is 5.13. The van der Waals surface area contributed by atoms with Gasteiger partial charge in [-0.3, -0.25) is 4.79 Å². The minimum atomic E-state index is -0.185. The Morgan fingerprint density at radius 1 is 1.21 bits per heavy atom. The highest BCUT2D eigenvalue weighted by atomic mass is 35.5. The summed E-state index contributed by atoms with van der Waals surface area (Å²) in [6.07, 6.45) is 3.20. The lowest BCUT2D eigenvalue weighted by Crippen LogP contribution is -2.26. The lowest BCUT2D eigenvalue weighted by molar-refractivity contribution is -0.116. The summed E-state index contributed by atoms with van der Waals surface area (Å²) in [7, 11) is 1.59. The first kappa shape index (κ1) is 17.9. The molecule has 0 fully saturated rings. The molecule has 5 heteroatoms. The van der Waals surface area contributed by atoms with Crippen LogP contribution in [0.4, 0.5) is 0 Å². The van der Waals surface area contributed by atoms with Crippen molar-refractivity contribution >= 4 is 23.6 Å². The van der Waals surface area contributed by atoms with Crippen molar-refractivity contribution in [3.8, 4) is 11.5 Å². The summed E-state index contributed by atoms with van der Waals surface area (Å²) in [4.78, 5) is 11.8. The van der Waals surface area contributed by atoms with Crippen LogP contribution in [0.2, 0.25) is 5.02 Å². The van der Waals surface area contributed by atoms with E-state index in [2.05, 4.69) is 5.32 Å². The van der Waals surface area contributed by atoms with Crippen LogP contribution in [0, 0.1) is 6.92 Å². The van der Waals surface area contributed by atoms with E-state index >= 15 is 0 Å². The molecule has 0 aromatic heterocycles. The zero-order chi connectivity index (χ0) is 17.4. The summed E-state index contributed by atoms with van der Waals surface area (Å²) in [5.74, 6) is 1.13. The highest BCUT2D eigenvalue weighted by Crippen LogP contribution is 2.25. The number of rotatable bonds is 7. The first-order chi connectivity index (χ1) is 11.6. The van der Waals surface area contributed by atoms with Crippen LogP contribution < -0.4 is 14.8 Å². The topological polar surface area (TPSA) is 47.6 Å². The molecule has 0 spiro atoms. The summed E-state index contributed by atoms with van der Waals surface area (Å²) in [6, 6.07) is 13.0. The Labute approximate surface area is 147 Å². The number of halogens is 1. The number of benzene rings is 2. The Hall–Kier alpha value is -2.46. The molecule has 0 aliphatic rings. The van der Waals surface area contributed by atoms with Crippen molar-refractivity contribution in [2.75, 3.05) is 20.3 Å². The molecule has 1 amide bonds. The monoisotopic (exact) mass is 345 g/mol. The number of nitrogens with one attached hydrogen (secondary N) is 1. The quantitative estimate of drug-likeness (QED) is 0.612. The van der Waals surface area contributed by atoms with Crippen molar-refractivity contribution in [1.82, 2.24) is 5.32 Å². The third-order valence-corrected chi connectivity index (χ3v) is 3.76. The highest BCUT2D eigenvalue weighted by Gasteiger charge is 2.02. The van der Waals surface area contributed by atoms with E-state index in [1.165, 1.54) is 6.08 Å². The van der Waals surface area contributed by atoms with E-state index in [0.29, 0.717) is 29.7 Å². The van der Waals surface area contributed by atoms with Gasteiger partial charge in [-0.25, -0.2) is 0 Å². The van der Waals surface area contributed by atoms with E-state index in [9.17, 15) is 4.79 Å². The van der Waals surface area contributed by atoms with Crippen LogP contribution in [-0.4, -0.2) is 26.2 Å². The summed E-state index contributed by atoms with van der Waals surface area (Å²) in [5, 5.41) is 3.45. The van der Waals surface area contributed by atoms with Gasteiger partial charge in [-0.1, -0.05) is 35.9 Å². The minimum absolute atomic E-state index is 0.185. The number of amides is 1. The third kappa shape index (κ3) is 5.32. The van der Waals surface area contributed by atoms with Crippen molar-refractivity contribution in [2.24, 2.45) is 0 Å². The molecule has 1 N–H and O–H groups in total. The van der Waals surface area contributed by atoms with Crippen LogP contribution in [0.1, 0.15) is 11.1 Å². The summed E-state index contributed by atoms with van der Waals surface area (Å²) in [6.45, 7) is 2.69. The minimum Gasteiger partial charge on any atom is -0.493 e. The van der Waals surface area contributed by atoms with Gasteiger partial charge in [-0.15, -0.1) is 0 Å². The largest absolute Gasteiger partial charge is 0.493 e. The predicted molar refractivity (Wildman–Crippen MR) is 96.7 cm³/mol. The summed E-state index contributed by atoms with van der Waals surface area (Å²) >= 11 is 6.05. The van der Waals surface area contributed by atoms with Gasteiger partial charge in [0, 0.05) is 11.1 Å². The van der Waals surface area contributed by atoms with Crippen molar-refractivity contribution in [1.29, 1.82) is 0 Å². The average Bonchev–Trinajstić information content (AvgIpc) is 2.60. The Morgan fingerprint density at radius 3 is 2.67 bits per heavy atom. The molecule has 2 rings (SSSR count). The van der Waals surface area contributed by atoms with Gasteiger partial charge >= 0.3 is 0 Å². The molecule has 0 atom stereocenters. The SMILES string of the molecule is COc1ccccc1OCCNC(=O)C=Cc1ccc(C)c(Cl)c1. The molecule has 0 aliphatic heterocycles. The first-order valence-electron chi connectivity index (χ1n) is 7.58. The molecule has 24 heavy (non-hydrogen) atoms. The summed E-state index contributed by atoms with van der Waals surface area (Å²) in [5.41, 5.74) is 1.89. The van der Waals surface area contributed by atoms with Crippen LogP contribution in [0.5, 0.6) is 11.5 Å². The van der Waals surface area contributed by atoms with Gasteiger partial charge in [0.15, 0.2) is 11.5 Å². The van der Waals surface area contributed by atoms with Crippen molar-refractivity contribution in [3.63, 3.8) is 0 Å². The second-order valence-corrected chi connectivity index (χ2v) is 5.54. The standard InChI is InChI=1S/C19H20ClNO3/c1-14-7-8-15(13-16(14)20)9-10-19(22)21-11-12-24-18-6-4-3-5-17(18)23-2/h3-10,13H,11-12H2,1-2H3,(H,21,22). The maximum absolute atomic E-state index is 11.8. The smallest absolute Gasteiger partial charge is 0.244 e. The van der Waals surface area contributed by atoms with Crippen molar-refractivity contribution in [3.05, 3.63) is 64.7 Å². The van der Waals surface area contributed by atoms with Crippen LogP contribution in [-0.2, 0) is 4.79 Å². The zero-order valence-corrected chi connectivity index (χ0v) is 14.5. The van der Waals surface area contributed by atoms with Crippen LogP contribution in [0.15, 0.2) is 48.5 Å². The predicted octanol–water partition coefficient (Wildman–Crippen LogP) is 3.87. The Morgan fingerprint density at radius 2 is 1.96 bits per heavy atom. The number of carbonyl (C=O) groups is 1. The fraction of sp³-hybridized carbons (Fsp3) is 0.211. The maximum Gasteiger partial charge on any atom is 0.244 e. The Kier molecular flexibility index (Phi) is 6.70. The molecular weight excluding hydrogens is 326 g/mol. The molecule has 0 unspecified atom stereocenters. The maximum atomic E-state index is 11.8. The fourth-order valence-corrected chi connectivity index (χ4v) is 2.21.